The van der Waals surface area contributed by atoms with Crippen molar-refractivity contribution < 1.29 is 4.79 Å². The first-order valence-electron chi connectivity index (χ1n) is 5.17. The molecule has 3 heteroatoms. The molecule has 1 N–H and O–H groups in total. The number of amidine groups is 1. The van der Waals surface area contributed by atoms with Crippen molar-refractivity contribution in [2.75, 3.05) is 0 Å². The Balaban J connectivity index is 1.89. The lowest BCUT2D eigenvalue weighted by atomic mass is 10.2. The minimum Gasteiger partial charge on any atom is -0.313 e. The molecule has 1 atom stereocenters. The Kier molecular flexibility index (Phi) is 2.34. The monoisotopic (exact) mass is 180 g/mol. The van der Waals surface area contributed by atoms with Gasteiger partial charge < -0.3 is 5.32 Å². The molecule has 1 saturated carbocycles. The summed E-state index contributed by atoms with van der Waals surface area (Å²) in [4.78, 5) is 15.7. The molecule has 0 saturated heterocycles. The molecule has 0 spiro atoms. The summed E-state index contributed by atoms with van der Waals surface area (Å²) in [5.74, 6) is 1.85. The average molecular weight is 180 g/mol. The summed E-state index contributed by atoms with van der Waals surface area (Å²) in [5, 5.41) is 2.87. The van der Waals surface area contributed by atoms with Gasteiger partial charge in [0, 0.05) is 6.42 Å². The highest BCUT2D eigenvalue weighted by atomic mass is 16.2. The molecule has 0 aromatic carbocycles. The third-order valence-corrected chi connectivity index (χ3v) is 2.62. The van der Waals surface area contributed by atoms with E-state index in [1.807, 2.05) is 0 Å². The molecule has 3 nitrogen and oxygen atoms in total. The van der Waals surface area contributed by atoms with Crippen LogP contribution in [0.1, 0.15) is 39.0 Å². The number of hydrogen-bond acceptors (Lipinski definition) is 2. The highest BCUT2D eigenvalue weighted by molar-refractivity contribution is 6.05. The topological polar surface area (TPSA) is 41.5 Å². The van der Waals surface area contributed by atoms with Crippen LogP contribution in [0, 0.1) is 5.92 Å². The van der Waals surface area contributed by atoms with Crippen molar-refractivity contribution in [1.29, 1.82) is 0 Å². The molecule has 0 radical (unpaired) electrons. The van der Waals surface area contributed by atoms with Crippen LogP contribution >= 0.6 is 0 Å². The Hall–Kier alpha value is -0.860. The zero-order valence-corrected chi connectivity index (χ0v) is 8.05. The van der Waals surface area contributed by atoms with Gasteiger partial charge in [-0.1, -0.05) is 13.3 Å². The quantitative estimate of drug-likeness (QED) is 0.699. The van der Waals surface area contributed by atoms with Crippen molar-refractivity contribution in [2.45, 2.75) is 45.1 Å². The van der Waals surface area contributed by atoms with Crippen LogP contribution in [0.2, 0.25) is 0 Å². The number of amides is 1. The first kappa shape index (κ1) is 8.73. The Morgan fingerprint density at radius 1 is 1.54 bits per heavy atom. The molecule has 1 unspecified atom stereocenters. The number of carbonyl (C=O) groups is 1. The maximum atomic E-state index is 11.4. The molecule has 1 aliphatic carbocycles. The molecule has 2 aliphatic rings. The van der Waals surface area contributed by atoms with Gasteiger partial charge in [0.2, 0.25) is 5.91 Å². The Bertz CT molecular complexity index is 243. The van der Waals surface area contributed by atoms with Crippen molar-refractivity contribution in [3.63, 3.8) is 0 Å². The van der Waals surface area contributed by atoms with E-state index in [1.165, 1.54) is 12.8 Å². The Morgan fingerprint density at radius 2 is 2.31 bits per heavy atom. The fraction of sp³-hybridized carbons (Fsp3) is 0.800. The largest absolute Gasteiger partial charge is 0.313 e. The molecular formula is C10H16N2O. The molecule has 0 bridgehead atoms. The van der Waals surface area contributed by atoms with Crippen LogP contribution in [0.15, 0.2) is 4.99 Å². The maximum absolute atomic E-state index is 11.4. The second-order valence-corrected chi connectivity index (χ2v) is 4.02. The number of hydrogen-bond donors (Lipinski definition) is 1. The van der Waals surface area contributed by atoms with Crippen LogP contribution in [0.3, 0.4) is 0 Å². The van der Waals surface area contributed by atoms with Gasteiger partial charge >= 0.3 is 0 Å². The van der Waals surface area contributed by atoms with E-state index < -0.39 is 0 Å². The molecule has 72 valence electrons. The van der Waals surface area contributed by atoms with E-state index in [0.717, 1.165) is 31.0 Å². The Labute approximate surface area is 78.6 Å². The van der Waals surface area contributed by atoms with Crippen molar-refractivity contribution in [2.24, 2.45) is 10.9 Å². The van der Waals surface area contributed by atoms with E-state index in [1.54, 1.807) is 0 Å². The van der Waals surface area contributed by atoms with Crippen LogP contribution < -0.4 is 5.32 Å². The van der Waals surface area contributed by atoms with Gasteiger partial charge in [0.05, 0.1) is 0 Å². The number of rotatable bonds is 4. The smallest absolute Gasteiger partial charge is 0.250 e. The molecule has 1 heterocycles. The number of nitrogens with one attached hydrogen (secondary N) is 1. The summed E-state index contributed by atoms with van der Waals surface area (Å²) in [6.45, 7) is 2.09. The van der Waals surface area contributed by atoms with Gasteiger partial charge in [-0.25, -0.2) is 0 Å². The lowest BCUT2D eigenvalue weighted by molar-refractivity contribution is -0.120. The second kappa shape index (κ2) is 3.48. The van der Waals surface area contributed by atoms with E-state index in [4.69, 9.17) is 0 Å². The molecule has 2 rings (SSSR count). The highest BCUT2D eigenvalue weighted by Gasteiger charge is 2.30. The van der Waals surface area contributed by atoms with Crippen LogP contribution in [0.5, 0.6) is 0 Å². The molecular weight excluding hydrogens is 164 g/mol. The van der Waals surface area contributed by atoms with Crippen molar-refractivity contribution in [1.82, 2.24) is 5.32 Å². The van der Waals surface area contributed by atoms with Gasteiger partial charge in [-0.3, -0.25) is 9.79 Å². The lowest BCUT2D eigenvalue weighted by Crippen LogP contribution is -2.28. The van der Waals surface area contributed by atoms with Crippen LogP contribution in [-0.2, 0) is 4.79 Å². The summed E-state index contributed by atoms with van der Waals surface area (Å²) in [6, 6.07) is -0.0845. The third kappa shape index (κ3) is 2.08. The van der Waals surface area contributed by atoms with Gasteiger partial charge in [0.25, 0.3) is 0 Å². The first-order chi connectivity index (χ1) is 6.29. The zero-order chi connectivity index (χ0) is 9.26. The summed E-state index contributed by atoms with van der Waals surface area (Å²) < 4.78 is 0. The molecule has 1 fully saturated rings. The van der Waals surface area contributed by atoms with Crippen molar-refractivity contribution >= 4 is 11.7 Å². The molecule has 1 amide bonds. The van der Waals surface area contributed by atoms with Gasteiger partial charge in [-0.05, 0) is 25.2 Å². The zero-order valence-electron chi connectivity index (χ0n) is 8.05. The minimum atomic E-state index is -0.0845. The maximum Gasteiger partial charge on any atom is 0.250 e. The molecule has 13 heavy (non-hydrogen) atoms. The predicted molar refractivity (Wildman–Crippen MR) is 51.6 cm³/mol. The van der Waals surface area contributed by atoms with Crippen LogP contribution in [0.25, 0.3) is 0 Å². The standard InChI is InChI=1S/C10H16N2O/c1-2-3-8-10(13)12-9(11-8)6-7-4-5-7/h7-8H,2-6H2,1H3,(H,11,12,13). The summed E-state index contributed by atoms with van der Waals surface area (Å²) in [5.41, 5.74) is 0. The summed E-state index contributed by atoms with van der Waals surface area (Å²) in [7, 11) is 0. The molecule has 0 aromatic rings. The molecule has 1 aliphatic heterocycles. The average Bonchev–Trinajstić information content (AvgIpc) is 2.81. The van der Waals surface area contributed by atoms with Crippen LogP contribution in [-0.4, -0.2) is 17.8 Å². The third-order valence-electron chi connectivity index (χ3n) is 2.62. The fourth-order valence-electron chi connectivity index (χ4n) is 1.67. The normalized spacial score (nSPS) is 27.3. The SMILES string of the molecule is CCCC1N=C(CC2CC2)NC1=O. The van der Waals surface area contributed by atoms with E-state index >= 15 is 0 Å². The summed E-state index contributed by atoms with van der Waals surface area (Å²) in [6.07, 6.45) is 5.53. The lowest BCUT2D eigenvalue weighted by Gasteiger charge is -1.99. The molecule has 0 aromatic heterocycles. The predicted octanol–water partition coefficient (Wildman–Crippen LogP) is 1.48. The van der Waals surface area contributed by atoms with E-state index in [-0.39, 0.29) is 11.9 Å². The number of carbonyl (C=O) groups excluding carboxylic acids is 1. The fourth-order valence-corrected chi connectivity index (χ4v) is 1.67. The number of aliphatic imine (C=N–C) groups is 1. The van der Waals surface area contributed by atoms with Crippen molar-refractivity contribution in [3.8, 4) is 0 Å². The minimum absolute atomic E-state index is 0.0845. The highest BCUT2D eigenvalue weighted by Crippen LogP contribution is 2.33. The van der Waals surface area contributed by atoms with E-state index in [2.05, 4.69) is 17.2 Å². The van der Waals surface area contributed by atoms with Gasteiger partial charge in [0.1, 0.15) is 11.9 Å². The Morgan fingerprint density at radius 3 is 2.92 bits per heavy atom. The van der Waals surface area contributed by atoms with E-state index in [0.29, 0.717) is 0 Å². The second-order valence-electron chi connectivity index (χ2n) is 4.02. The van der Waals surface area contributed by atoms with Crippen molar-refractivity contribution in [3.05, 3.63) is 0 Å². The first-order valence-corrected chi connectivity index (χ1v) is 5.17. The van der Waals surface area contributed by atoms with Gasteiger partial charge in [0.15, 0.2) is 0 Å². The number of nitrogens with zero attached hydrogens (tertiary/aromatic N) is 1. The van der Waals surface area contributed by atoms with Gasteiger partial charge in [-0.2, -0.15) is 0 Å². The van der Waals surface area contributed by atoms with Crippen LogP contribution in [0.4, 0.5) is 0 Å². The van der Waals surface area contributed by atoms with E-state index in [9.17, 15) is 4.79 Å². The summed E-state index contributed by atoms with van der Waals surface area (Å²) >= 11 is 0. The van der Waals surface area contributed by atoms with Gasteiger partial charge in [-0.15, -0.1) is 0 Å².